The van der Waals surface area contributed by atoms with Crippen LogP contribution in [0.5, 0.6) is 0 Å². The lowest BCUT2D eigenvalue weighted by Gasteiger charge is -2.30. The standard InChI is InChI=1S/C27H29N7O4/c1-2-38-26(37)19-14-16-33(17-15-19)23(36)13-12-22(35)30-31-27-28-21-11-7-6-10-20(21)25-29-24(32-34(25)27)18-8-4-3-5-9-18/h3-11,19H,2,12-17H2,1H3,(H,28,31)(H,30,35). The number of hydrazine groups is 1. The Bertz CT molecular complexity index is 1460. The van der Waals surface area contributed by atoms with Crippen LogP contribution in [0.1, 0.15) is 32.6 Å². The fourth-order valence-corrected chi connectivity index (χ4v) is 4.54. The molecular formula is C27H29N7O4. The average Bonchev–Trinajstić information content (AvgIpc) is 3.41. The van der Waals surface area contributed by atoms with Gasteiger partial charge in [-0.3, -0.25) is 25.2 Å². The summed E-state index contributed by atoms with van der Waals surface area (Å²) in [5.41, 5.74) is 7.64. The summed E-state index contributed by atoms with van der Waals surface area (Å²) >= 11 is 0. The molecule has 2 aromatic heterocycles. The number of amides is 2. The Labute approximate surface area is 219 Å². The van der Waals surface area contributed by atoms with Crippen LogP contribution in [0.3, 0.4) is 0 Å². The van der Waals surface area contributed by atoms with Gasteiger partial charge in [0, 0.05) is 36.9 Å². The molecule has 1 aliphatic heterocycles. The number of hydrogen-bond donors (Lipinski definition) is 2. The number of ether oxygens (including phenoxy) is 1. The number of likely N-dealkylation sites (tertiary alicyclic amines) is 1. The number of carbonyl (C=O) groups is 3. The molecule has 2 amide bonds. The summed E-state index contributed by atoms with van der Waals surface area (Å²) in [6, 6.07) is 17.2. The molecular weight excluding hydrogens is 486 g/mol. The summed E-state index contributed by atoms with van der Waals surface area (Å²) in [7, 11) is 0. The smallest absolute Gasteiger partial charge is 0.309 e. The van der Waals surface area contributed by atoms with Gasteiger partial charge in [0.15, 0.2) is 11.5 Å². The number of benzene rings is 2. The Morgan fingerprint density at radius 1 is 0.974 bits per heavy atom. The Hall–Kier alpha value is -4.54. The highest BCUT2D eigenvalue weighted by molar-refractivity contribution is 5.93. The van der Waals surface area contributed by atoms with Crippen LogP contribution in [0.4, 0.5) is 5.95 Å². The van der Waals surface area contributed by atoms with Gasteiger partial charge in [-0.15, -0.1) is 5.10 Å². The largest absolute Gasteiger partial charge is 0.466 e. The number of esters is 1. The molecule has 0 unspecified atom stereocenters. The third kappa shape index (κ3) is 5.41. The number of fused-ring (bicyclic) bond motifs is 3. The van der Waals surface area contributed by atoms with Crippen molar-refractivity contribution in [1.82, 2.24) is 29.9 Å². The van der Waals surface area contributed by atoms with Gasteiger partial charge < -0.3 is 9.64 Å². The zero-order valence-electron chi connectivity index (χ0n) is 21.1. The number of nitrogens with one attached hydrogen (secondary N) is 2. The van der Waals surface area contributed by atoms with Crippen molar-refractivity contribution in [2.75, 3.05) is 25.1 Å². The van der Waals surface area contributed by atoms with Crippen molar-refractivity contribution in [3.8, 4) is 11.4 Å². The van der Waals surface area contributed by atoms with Crippen LogP contribution in [-0.2, 0) is 19.1 Å². The maximum Gasteiger partial charge on any atom is 0.309 e. The molecule has 0 aliphatic carbocycles. The normalized spacial score (nSPS) is 14.0. The first kappa shape index (κ1) is 25.1. The molecule has 0 atom stereocenters. The van der Waals surface area contributed by atoms with Gasteiger partial charge in [0.05, 0.1) is 18.0 Å². The van der Waals surface area contributed by atoms with Crippen LogP contribution < -0.4 is 10.9 Å². The van der Waals surface area contributed by atoms with Crippen molar-refractivity contribution in [3.05, 3.63) is 54.6 Å². The minimum Gasteiger partial charge on any atom is -0.466 e. The van der Waals surface area contributed by atoms with Crippen LogP contribution in [0.15, 0.2) is 54.6 Å². The third-order valence-electron chi connectivity index (χ3n) is 6.56. The fourth-order valence-electron chi connectivity index (χ4n) is 4.54. The molecule has 4 aromatic rings. The molecule has 5 rings (SSSR count). The van der Waals surface area contributed by atoms with Crippen LogP contribution in [-0.4, -0.2) is 62.0 Å². The van der Waals surface area contributed by atoms with Crippen LogP contribution in [0.25, 0.3) is 27.9 Å². The minimum absolute atomic E-state index is 0.00693. The molecule has 196 valence electrons. The minimum atomic E-state index is -0.355. The molecule has 0 bridgehead atoms. The van der Waals surface area contributed by atoms with E-state index in [4.69, 9.17) is 9.72 Å². The van der Waals surface area contributed by atoms with Gasteiger partial charge in [-0.05, 0) is 31.9 Å². The summed E-state index contributed by atoms with van der Waals surface area (Å²) in [4.78, 5) is 48.1. The summed E-state index contributed by atoms with van der Waals surface area (Å²) in [5.74, 6) is -0.00464. The monoisotopic (exact) mass is 515 g/mol. The summed E-state index contributed by atoms with van der Waals surface area (Å²) in [5, 5.41) is 5.44. The maximum absolute atomic E-state index is 12.6. The van der Waals surface area contributed by atoms with E-state index < -0.39 is 0 Å². The second-order valence-corrected chi connectivity index (χ2v) is 9.07. The van der Waals surface area contributed by atoms with E-state index in [9.17, 15) is 14.4 Å². The lowest BCUT2D eigenvalue weighted by molar-refractivity contribution is -0.151. The van der Waals surface area contributed by atoms with E-state index in [-0.39, 0.29) is 36.5 Å². The summed E-state index contributed by atoms with van der Waals surface area (Å²) in [6.07, 6.45) is 1.22. The van der Waals surface area contributed by atoms with Crippen molar-refractivity contribution in [1.29, 1.82) is 0 Å². The second kappa shape index (κ2) is 11.2. The Balaban J connectivity index is 1.22. The second-order valence-electron chi connectivity index (χ2n) is 9.07. The molecule has 38 heavy (non-hydrogen) atoms. The van der Waals surface area contributed by atoms with Gasteiger partial charge in [-0.25, -0.2) is 9.97 Å². The predicted molar refractivity (Wildman–Crippen MR) is 141 cm³/mol. The number of aromatic nitrogens is 4. The fraction of sp³-hybridized carbons (Fsp3) is 0.333. The van der Waals surface area contributed by atoms with Gasteiger partial charge >= 0.3 is 5.97 Å². The van der Waals surface area contributed by atoms with Crippen LogP contribution in [0.2, 0.25) is 0 Å². The molecule has 2 N–H and O–H groups in total. The molecule has 1 fully saturated rings. The number of carbonyl (C=O) groups excluding carboxylic acids is 3. The molecule has 2 aromatic carbocycles. The van der Waals surface area contributed by atoms with Gasteiger partial charge in [-0.2, -0.15) is 4.52 Å². The number of nitrogens with zero attached hydrogens (tertiary/aromatic N) is 5. The number of para-hydroxylation sites is 1. The van der Waals surface area contributed by atoms with Gasteiger partial charge in [0.25, 0.3) is 0 Å². The van der Waals surface area contributed by atoms with Crippen molar-refractivity contribution in [3.63, 3.8) is 0 Å². The number of hydrogen-bond acceptors (Lipinski definition) is 8. The first-order valence-corrected chi connectivity index (χ1v) is 12.7. The quantitative estimate of drug-likeness (QED) is 0.271. The van der Waals surface area contributed by atoms with E-state index in [1.807, 2.05) is 54.6 Å². The van der Waals surface area contributed by atoms with Crippen molar-refractivity contribution < 1.29 is 19.1 Å². The van der Waals surface area contributed by atoms with Gasteiger partial charge in [0.2, 0.25) is 17.8 Å². The maximum atomic E-state index is 12.6. The third-order valence-corrected chi connectivity index (χ3v) is 6.56. The summed E-state index contributed by atoms with van der Waals surface area (Å²) < 4.78 is 6.64. The Kier molecular flexibility index (Phi) is 7.43. The molecule has 11 heteroatoms. The number of rotatable bonds is 8. The number of piperidine rings is 1. The topological polar surface area (TPSA) is 131 Å². The Morgan fingerprint density at radius 2 is 1.71 bits per heavy atom. The zero-order chi connectivity index (χ0) is 26.5. The van der Waals surface area contributed by atoms with E-state index in [0.29, 0.717) is 55.5 Å². The Morgan fingerprint density at radius 3 is 2.47 bits per heavy atom. The molecule has 0 saturated carbocycles. The highest BCUT2D eigenvalue weighted by Crippen LogP contribution is 2.24. The van der Waals surface area contributed by atoms with Crippen molar-refractivity contribution in [2.45, 2.75) is 32.6 Å². The van der Waals surface area contributed by atoms with E-state index in [1.54, 1.807) is 16.3 Å². The van der Waals surface area contributed by atoms with E-state index >= 15 is 0 Å². The van der Waals surface area contributed by atoms with Crippen LogP contribution in [0, 0.1) is 5.92 Å². The average molecular weight is 516 g/mol. The number of anilines is 1. The van der Waals surface area contributed by atoms with E-state index in [2.05, 4.69) is 20.9 Å². The van der Waals surface area contributed by atoms with Gasteiger partial charge in [0.1, 0.15) is 0 Å². The lowest BCUT2D eigenvalue weighted by Crippen LogP contribution is -2.41. The molecule has 1 aliphatic rings. The van der Waals surface area contributed by atoms with E-state index in [0.717, 1.165) is 10.9 Å². The molecule has 11 nitrogen and oxygen atoms in total. The first-order chi connectivity index (χ1) is 18.5. The molecule has 3 heterocycles. The highest BCUT2D eigenvalue weighted by Gasteiger charge is 2.28. The molecule has 0 spiro atoms. The SMILES string of the molecule is CCOC(=O)C1CCN(C(=O)CCC(=O)NNc2nc3ccccc3c3nc(-c4ccccc4)nn23)CC1. The summed E-state index contributed by atoms with van der Waals surface area (Å²) in [6.45, 7) is 3.10. The molecule has 1 saturated heterocycles. The zero-order valence-corrected chi connectivity index (χ0v) is 21.1. The van der Waals surface area contributed by atoms with E-state index in [1.165, 1.54) is 0 Å². The van der Waals surface area contributed by atoms with Crippen molar-refractivity contribution >= 4 is 40.3 Å². The highest BCUT2D eigenvalue weighted by atomic mass is 16.5. The molecule has 0 radical (unpaired) electrons. The van der Waals surface area contributed by atoms with Crippen LogP contribution >= 0.6 is 0 Å². The first-order valence-electron chi connectivity index (χ1n) is 12.7. The predicted octanol–water partition coefficient (Wildman–Crippen LogP) is 2.97. The van der Waals surface area contributed by atoms with Gasteiger partial charge in [-0.1, -0.05) is 42.5 Å². The lowest BCUT2D eigenvalue weighted by atomic mass is 9.97. The van der Waals surface area contributed by atoms with Crippen molar-refractivity contribution in [2.24, 2.45) is 5.92 Å².